The van der Waals surface area contributed by atoms with Gasteiger partial charge in [0.2, 0.25) is 0 Å². The molecule has 8 nitrogen and oxygen atoms in total. The summed E-state index contributed by atoms with van der Waals surface area (Å²) in [6.07, 6.45) is 10.9. The van der Waals surface area contributed by atoms with Crippen molar-refractivity contribution < 1.29 is 18.3 Å². The number of amides is 1. The van der Waals surface area contributed by atoms with E-state index < -0.39 is 17.9 Å². The number of benzene rings is 1. The molecular formula is C29H34F2N6O2. The number of aryl methyl sites for hydroxylation is 1. The van der Waals surface area contributed by atoms with Gasteiger partial charge in [0.05, 0.1) is 35.3 Å². The van der Waals surface area contributed by atoms with Gasteiger partial charge in [-0.25, -0.2) is 13.5 Å². The minimum absolute atomic E-state index is 0.00927. The molecule has 2 N–H and O–H groups in total. The number of anilines is 1. The number of halogens is 2. The van der Waals surface area contributed by atoms with E-state index >= 15 is 4.39 Å². The molecule has 0 radical (unpaired) electrons. The van der Waals surface area contributed by atoms with E-state index in [0.29, 0.717) is 24.2 Å². The topological polar surface area (TPSA) is 84.3 Å². The van der Waals surface area contributed by atoms with Gasteiger partial charge in [-0.1, -0.05) is 0 Å². The molecule has 3 fully saturated rings. The summed E-state index contributed by atoms with van der Waals surface area (Å²) in [5, 5.41) is 10.7. The van der Waals surface area contributed by atoms with Gasteiger partial charge in [0.1, 0.15) is 12.0 Å². The summed E-state index contributed by atoms with van der Waals surface area (Å²) < 4.78 is 37.0. The smallest absolute Gasteiger partial charge is 0.254 e. The zero-order chi connectivity index (χ0) is 26.9. The van der Waals surface area contributed by atoms with E-state index in [2.05, 4.69) is 25.6 Å². The lowest BCUT2D eigenvalue weighted by molar-refractivity contribution is 0.0471. The number of nitrogens with zero attached hydrogens (tertiary/aromatic N) is 4. The third-order valence-electron chi connectivity index (χ3n) is 7.81. The number of ether oxygens (including phenoxy) is 1. The lowest BCUT2D eigenvalue weighted by Crippen LogP contribution is -2.49. The molecule has 6 rings (SSSR count). The number of carbonyl (C=O) groups excluding carboxylic acids is 1. The highest BCUT2D eigenvalue weighted by Crippen LogP contribution is 2.27. The van der Waals surface area contributed by atoms with Crippen LogP contribution in [0.2, 0.25) is 0 Å². The predicted octanol–water partition coefficient (Wildman–Crippen LogP) is 4.28. The minimum atomic E-state index is -0.987. The zero-order valence-electron chi connectivity index (χ0n) is 22.1. The van der Waals surface area contributed by atoms with Gasteiger partial charge in [-0.15, -0.1) is 0 Å². The maximum atomic E-state index is 15.1. The highest BCUT2D eigenvalue weighted by atomic mass is 19.1. The van der Waals surface area contributed by atoms with Crippen molar-refractivity contribution in [3.8, 4) is 16.8 Å². The Morgan fingerprint density at radius 3 is 2.77 bits per heavy atom. The van der Waals surface area contributed by atoms with Gasteiger partial charge in [0.15, 0.2) is 0 Å². The standard InChI is InChI=1S/C29H34F2N6O2/c1-18-9-25(30)24(29(38)35-21-4-5-21)11-28(18)37-15-20(13-33-37)19-10-22(14-32-12-19)34-27-6-7-36(17-26(27)31)16-23-3-2-8-39-23/h9-15,21,23,26-27,34H,2-8,16-17H2,1H3,(H,35,38)/t23?,26-,27+/m1/s1. The Hall–Kier alpha value is -3.37. The summed E-state index contributed by atoms with van der Waals surface area (Å²) in [5.74, 6) is -0.955. The largest absolute Gasteiger partial charge is 0.378 e. The SMILES string of the molecule is Cc1cc(F)c(C(=O)NC2CC2)cc1-n1cc(-c2cncc(N[C@H]3CCN(CC4CCCO4)C[C@H]3F)c2)cn1. The number of piperidine rings is 1. The fraction of sp³-hybridized carbons (Fsp3) is 0.483. The molecular weight excluding hydrogens is 502 g/mol. The number of aromatic nitrogens is 3. The Bertz CT molecular complexity index is 1340. The molecule has 1 unspecified atom stereocenters. The van der Waals surface area contributed by atoms with E-state index in [1.807, 2.05) is 12.3 Å². The molecule has 1 amide bonds. The van der Waals surface area contributed by atoms with Crippen LogP contribution in [0.25, 0.3) is 16.8 Å². The quantitative estimate of drug-likeness (QED) is 0.447. The molecule has 2 saturated heterocycles. The van der Waals surface area contributed by atoms with Crippen LogP contribution in [0.15, 0.2) is 43.0 Å². The first-order valence-corrected chi connectivity index (χ1v) is 13.8. The van der Waals surface area contributed by atoms with Crippen molar-refractivity contribution in [1.29, 1.82) is 0 Å². The van der Waals surface area contributed by atoms with Crippen LogP contribution < -0.4 is 10.6 Å². The zero-order valence-corrected chi connectivity index (χ0v) is 22.1. The van der Waals surface area contributed by atoms with Crippen LogP contribution >= 0.6 is 0 Å². The van der Waals surface area contributed by atoms with Gasteiger partial charge in [0, 0.05) is 62.0 Å². The number of likely N-dealkylation sites (tertiary alicyclic amines) is 1. The van der Waals surface area contributed by atoms with Gasteiger partial charge in [-0.05, 0) is 62.8 Å². The average molecular weight is 537 g/mol. The van der Waals surface area contributed by atoms with E-state index in [4.69, 9.17) is 4.74 Å². The molecule has 2 aromatic heterocycles. The van der Waals surface area contributed by atoms with Crippen molar-refractivity contribution in [2.45, 2.75) is 63.4 Å². The number of carbonyl (C=O) groups is 1. The fourth-order valence-corrected chi connectivity index (χ4v) is 5.44. The molecule has 3 aliphatic rings. The van der Waals surface area contributed by atoms with Crippen molar-refractivity contribution in [2.75, 3.05) is 31.6 Å². The maximum absolute atomic E-state index is 15.1. The number of hydrogen-bond acceptors (Lipinski definition) is 6. The Labute approximate surface area is 226 Å². The number of rotatable bonds is 8. The van der Waals surface area contributed by atoms with E-state index in [1.54, 1.807) is 36.3 Å². The third-order valence-corrected chi connectivity index (χ3v) is 7.81. The van der Waals surface area contributed by atoms with E-state index in [1.165, 1.54) is 6.07 Å². The van der Waals surface area contributed by atoms with Crippen LogP contribution in [-0.2, 0) is 4.74 Å². The molecule has 1 aliphatic carbocycles. The van der Waals surface area contributed by atoms with Crippen molar-refractivity contribution in [1.82, 2.24) is 25.0 Å². The third kappa shape index (κ3) is 5.96. The van der Waals surface area contributed by atoms with E-state index in [0.717, 1.165) is 62.2 Å². The van der Waals surface area contributed by atoms with Crippen LogP contribution in [0.5, 0.6) is 0 Å². The monoisotopic (exact) mass is 536 g/mol. The summed E-state index contributed by atoms with van der Waals surface area (Å²) in [6, 6.07) is 4.70. The van der Waals surface area contributed by atoms with Crippen LogP contribution in [0.3, 0.4) is 0 Å². The predicted molar refractivity (Wildman–Crippen MR) is 144 cm³/mol. The Balaban J connectivity index is 1.14. The Morgan fingerprint density at radius 2 is 2.00 bits per heavy atom. The summed E-state index contributed by atoms with van der Waals surface area (Å²) in [6.45, 7) is 4.62. The van der Waals surface area contributed by atoms with Crippen molar-refractivity contribution in [2.24, 2.45) is 0 Å². The van der Waals surface area contributed by atoms with Gasteiger partial charge in [-0.3, -0.25) is 14.7 Å². The summed E-state index contributed by atoms with van der Waals surface area (Å²) in [5.41, 5.74) is 3.68. The molecule has 2 aliphatic heterocycles. The molecule has 206 valence electrons. The molecule has 3 aromatic rings. The molecule has 1 aromatic carbocycles. The molecule has 1 saturated carbocycles. The highest BCUT2D eigenvalue weighted by Gasteiger charge is 2.31. The molecule has 0 spiro atoms. The van der Waals surface area contributed by atoms with Crippen molar-refractivity contribution in [3.05, 3.63) is 59.9 Å². The van der Waals surface area contributed by atoms with Crippen LogP contribution in [-0.4, -0.2) is 76.2 Å². The Kier molecular flexibility index (Phi) is 7.31. The van der Waals surface area contributed by atoms with Crippen LogP contribution in [0, 0.1) is 12.7 Å². The Morgan fingerprint density at radius 1 is 1.13 bits per heavy atom. The second-order valence-corrected chi connectivity index (χ2v) is 11.0. The second-order valence-electron chi connectivity index (χ2n) is 11.0. The number of hydrogen-bond donors (Lipinski definition) is 2. The molecule has 39 heavy (non-hydrogen) atoms. The van der Waals surface area contributed by atoms with Crippen LogP contribution in [0.1, 0.15) is 48.0 Å². The second kappa shape index (κ2) is 11.0. The summed E-state index contributed by atoms with van der Waals surface area (Å²) in [4.78, 5) is 19.1. The average Bonchev–Trinajstić information content (AvgIpc) is 3.35. The molecule has 3 atom stereocenters. The normalized spacial score (nSPS) is 23.6. The fourth-order valence-electron chi connectivity index (χ4n) is 5.44. The maximum Gasteiger partial charge on any atom is 0.254 e. The highest BCUT2D eigenvalue weighted by molar-refractivity contribution is 5.95. The van der Waals surface area contributed by atoms with Crippen LogP contribution in [0.4, 0.5) is 14.5 Å². The number of pyridine rings is 1. The number of alkyl halides is 1. The van der Waals surface area contributed by atoms with Gasteiger partial charge >= 0.3 is 0 Å². The first-order chi connectivity index (χ1) is 18.9. The number of nitrogens with one attached hydrogen (secondary N) is 2. The van der Waals surface area contributed by atoms with Gasteiger partial charge in [0.25, 0.3) is 5.91 Å². The molecule has 10 heteroatoms. The molecule has 4 heterocycles. The van der Waals surface area contributed by atoms with E-state index in [9.17, 15) is 9.18 Å². The lowest BCUT2D eigenvalue weighted by atomic mass is 10.0. The van der Waals surface area contributed by atoms with Crippen molar-refractivity contribution in [3.63, 3.8) is 0 Å². The van der Waals surface area contributed by atoms with Gasteiger partial charge < -0.3 is 15.4 Å². The first kappa shape index (κ1) is 25.9. The summed E-state index contributed by atoms with van der Waals surface area (Å²) >= 11 is 0. The minimum Gasteiger partial charge on any atom is -0.378 e. The lowest BCUT2D eigenvalue weighted by Gasteiger charge is -2.36. The first-order valence-electron chi connectivity index (χ1n) is 13.8. The molecule has 0 bridgehead atoms. The van der Waals surface area contributed by atoms with Crippen molar-refractivity contribution >= 4 is 11.6 Å². The summed E-state index contributed by atoms with van der Waals surface area (Å²) in [7, 11) is 0. The van der Waals surface area contributed by atoms with E-state index in [-0.39, 0.29) is 23.8 Å². The van der Waals surface area contributed by atoms with Gasteiger partial charge in [-0.2, -0.15) is 5.10 Å².